The van der Waals surface area contributed by atoms with Crippen molar-refractivity contribution in [2.45, 2.75) is 32.6 Å². The lowest BCUT2D eigenvalue weighted by Gasteiger charge is -2.32. The normalized spacial score (nSPS) is 18.9. The highest BCUT2D eigenvalue weighted by Crippen LogP contribution is 2.29. The van der Waals surface area contributed by atoms with Crippen LogP contribution in [0.25, 0.3) is 11.3 Å². The fourth-order valence-electron chi connectivity index (χ4n) is 3.56. The van der Waals surface area contributed by atoms with Gasteiger partial charge in [0, 0.05) is 50.6 Å². The first kappa shape index (κ1) is 17.0. The van der Waals surface area contributed by atoms with Crippen LogP contribution in [0.4, 0.5) is 0 Å². The molecule has 0 N–H and O–H groups in total. The smallest absolute Gasteiger partial charge is 0.0925 e. The molecule has 3 heterocycles. The van der Waals surface area contributed by atoms with E-state index in [1.165, 1.54) is 12.8 Å². The van der Waals surface area contributed by atoms with Gasteiger partial charge in [0.05, 0.1) is 29.9 Å². The number of aryl methyl sites for hydroxylation is 2. The van der Waals surface area contributed by atoms with E-state index >= 15 is 0 Å². The summed E-state index contributed by atoms with van der Waals surface area (Å²) in [6, 6.07) is 0. The monoisotopic (exact) mass is 329 g/mol. The average Bonchev–Trinajstić information content (AvgIpc) is 2.85. The van der Waals surface area contributed by atoms with Crippen molar-refractivity contribution < 1.29 is 4.74 Å². The quantitative estimate of drug-likeness (QED) is 0.842. The Hall–Kier alpha value is -1.79. The molecule has 1 atom stereocenters. The van der Waals surface area contributed by atoms with E-state index in [-0.39, 0.29) is 0 Å². The average molecular weight is 329 g/mol. The van der Waals surface area contributed by atoms with Gasteiger partial charge in [0.1, 0.15) is 0 Å². The molecule has 1 saturated heterocycles. The SMILES string of the molecule is COCCN1CCC[C@@H](c2cncc(-c3c(C)nn(C)c3C)n2)C1. The Balaban J connectivity index is 1.82. The maximum atomic E-state index is 5.21. The molecular weight excluding hydrogens is 302 g/mol. The van der Waals surface area contributed by atoms with Crippen LogP contribution >= 0.6 is 0 Å². The van der Waals surface area contributed by atoms with Gasteiger partial charge in [0.25, 0.3) is 0 Å². The molecule has 1 aliphatic heterocycles. The highest BCUT2D eigenvalue weighted by atomic mass is 16.5. The molecule has 24 heavy (non-hydrogen) atoms. The van der Waals surface area contributed by atoms with Gasteiger partial charge in [-0.3, -0.25) is 9.67 Å². The molecule has 1 fully saturated rings. The molecule has 6 nitrogen and oxygen atoms in total. The Labute approximate surface area is 143 Å². The second-order valence-corrected chi connectivity index (χ2v) is 6.63. The lowest BCUT2D eigenvalue weighted by atomic mass is 9.95. The highest BCUT2D eigenvalue weighted by Gasteiger charge is 2.23. The molecule has 130 valence electrons. The largest absolute Gasteiger partial charge is 0.383 e. The van der Waals surface area contributed by atoms with E-state index in [2.05, 4.69) is 21.9 Å². The molecule has 1 aliphatic rings. The number of aromatic nitrogens is 4. The molecule has 2 aromatic heterocycles. The van der Waals surface area contributed by atoms with Gasteiger partial charge < -0.3 is 9.64 Å². The fourth-order valence-corrected chi connectivity index (χ4v) is 3.56. The van der Waals surface area contributed by atoms with Crippen molar-refractivity contribution in [3.05, 3.63) is 29.5 Å². The number of nitrogens with zero attached hydrogens (tertiary/aromatic N) is 5. The van der Waals surface area contributed by atoms with Crippen molar-refractivity contribution in [2.24, 2.45) is 7.05 Å². The van der Waals surface area contributed by atoms with Crippen molar-refractivity contribution in [3.63, 3.8) is 0 Å². The number of piperidine rings is 1. The van der Waals surface area contributed by atoms with E-state index in [0.29, 0.717) is 5.92 Å². The molecule has 0 spiro atoms. The molecule has 3 rings (SSSR count). The lowest BCUT2D eigenvalue weighted by molar-refractivity contribution is 0.127. The van der Waals surface area contributed by atoms with E-state index in [1.54, 1.807) is 7.11 Å². The Kier molecular flexibility index (Phi) is 5.26. The molecular formula is C18H27N5O. The summed E-state index contributed by atoms with van der Waals surface area (Å²) < 4.78 is 7.12. The van der Waals surface area contributed by atoms with Crippen LogP contribution in [0.15, 0.2) is 12.4 Å². The van der Waals surface area contributed by atoms with Crippen LogP contribution in [0.3, 0.4) is 0 Å². The molecule has 0 bridgehead atoms. The van der Waals surface area contributed by atoms with Gasteiger partial charge in [-0.05, 0) is 33.2 Å². The van der Waals surface area contributed by atoms with Gasteiger partial charge in [0.15, 0.2) is 0 Å². The van der Waals surface area contributed by atoms with Crippen LogP contribution < -0.4 is 0 Å². The third-order valence-electron chi connectivity index (χ3n) is 4.95. The summed E-state index contributed by atoms with van der Waals surface area (Å²) in [6.45, 7) is 8.06. The van der Waals surface area contributed by atoms with Gasteiger partial charge in [-0.25, -0.2) is 4.98 Å². The molecule has 0 saturated carbocycles. The van der Waals surface area contributed by atoms with Crippen molar-refractivity contribution >= 4 is 0 Å². The standard InChI is InChI=1S/C18H27N5O/c1-13-18(14(2)22(3)21-13)17-11-19-10-16(20-17)15-6-5-7-23(12-15)8-9-24-4/h10-11,15H,5-9,12H2,1-4H3/t15-/m1/s1. The summed E-state index contributed by atoms with van der Waals surface area (Å²) in [7, 11) is 3.73. The van der Waals surface area contributed by atoms with Crippen LogP contribution in [-0.4, -0.2) is 58.0 Å². The molecule has 2 aromatic rings. The van der Waals surface area contributed by atoms with Gasteiger partial charge in [0.2, 0.25) is 0 Å². The number of methoxy groups -OCH3 is 1. The topological polar surface area (TPSA) is 56.1 Å². The number of hydrogen-bond acceptors (Lipinski definition) is 5. The third kappa shape index (κ3) is 3.49. The summed E-state index contributed by atoms with van der Waals surface area (Å²) in [5, 5.41) is 4.50. The third-order valence-corrected chi connectivity index (χ3v) is 4.95. The molecule has 0 aliphatic carbocycles. The zero-order valence-corrected chi connectivity index (χ0v) is 15.1. The molecule has 0 radical (unpaired) electrons. The summed E-state index contributed by atoms with van der Waals surface area (Å²) in [5.41, 5.74) is 5.27. The van der Waals surface area contributed by atoms with E-state index in [1.807, 2.05) is 31.0 Å². The fraction of sp³-hybridized carbons (Fsp3) is 0.611. The Morgan fingerprint density at radius 3 is 2.83 bits per heavy atom. The van der Waals surface area contributed by atoms with Crippen LogP contribution in [0.2, 0.25) is 0 Å². The van der Waals surface area contributed by atoms with Crippen molar-refractivity contribution in [2.75, 3.05) is 33.4 Å². The number of rotatable bonds is 5. The number of hydrogen-bond donors (Lipinski definition) is 0. The summed E-state index contributed by atoms with van der Waals surface area (Å²) in [4.78, 5) is 11.9. The second kappa shape index (κ2) is 7.40. The molecule has 0 unspecified atom stereocenters. The second-order valence-electron chi connectivity index (χ2n) is 6.63. The molecule has 0 amide bonds. The van der Waals surface area contributed by atoms with E-state index in [0.717, 1.165) is 54.6 Å². The Morgan fingerprint density at radius 1 is 1.29 bits per heavy atom. The first-order valence-electron chi connectivity index (χ1n) is 8.64. The first-order valence-corrected chi connectivity index (χ1v) is 8.64. The maximum Gasteiger partial charge on any atom is 0.0925 e. The van der Waals surface area contributed by atoms with Gasteiger partial charge in [-0.15, -0.1) is 0 Å². The van der Waals surface area contributed by atoms with Crippen LogP contribution in [0, 0.1) is 13.8 Å². The van der Waals surface area contributed by atoms with E-state index < -0.39 is 0 Å². The minimum atomic E-state index is 0.445. The van der Waals surface area contributed by atoms with Crippen LogP contribution in [0.1, 0.15) is 35.8 Å². The predicted octanol–water partition coefficient (Wildman–Crippen LogP) is 2.32. The minimum Gasteiger partial charge on any atom is -0.383 e. The van der Waals surface area contributed by atoms with Crippen molar-refractivity contribution in [1.82, 2.24) is 24.6 Å². The zero-order chi connectivity index (χ0) is 17.1. The summed E-state index contributed by atoms with van der Waals surface area (Å²) in [6.07, 6.45) is 6.15. The molecule has 6 heteroatoms. The lowest BCUT2D eigenvalue weighted by Crippen LogP contribution is -2.36. The van der Waals surface area contributed by atoms with Crippen LogP contribution in [-0.2, 0) is 11.8 Å². The number of likely N-dealkylation sites (tertiary alicyclic amines) is 1. The minimum absolute atomic E-state index is 0.445. The van der Waals surface area contributed by atoms with E-state index in [4.69, 9.17) is 9.72 Å². The highest BCUT2D eigenvalue weighted by molar-refractivity contribution is 5.64. The maximum absolute atomic E-state index is 5.21. The van der Waals surface area contributed by atoms with Crippen LogP contribution in [0.5, 0.6) is 0 Å². The van der Waals surface area contributed by atoms with E-state index in [9.17, 15) is 0 Å². The Bertz CT molecular complexity index is 697. The summed E-state index contributed by atoms with van der Waals surface area (Å²) in [5.74, 6) is 0.445. The summed E-state index contributed by atoms with van der Waals surface area (Å²) >= 11 is 0. The van der Waals surface area contributed by atoms with Gasteiger partial charge in [-0.1, -0.05) is 0 Å². The first-order chi connectivity index (χ1) is 11.6. The van der Waals surface area contributed by atoms with Crippen molar-refractivity contribution in [1.29, 1.82) is 0 Å². The Morgan fingerprint density at radius 2 is 2.12 bits per heavy atom. The van der Waals surface area contributed by atoms with Crippen molar-refractivity contribution in [3.8, 4) is 11.3 Å². The molecule has 0 aromatic carbocycles. The predicted molar refractivity (Wildman–Crippen MR) is 94.0 cm³/mol. The zero-order valence-electron chi connectivity index (χ0n) is 15.1. The number of ether oxygens (including phenoxy) is 1. The van der Waals surface area contributed by atoms with Gasteiger partial charge >= 0.3 is 0 Å². The van der Waals surface area contributed by atoms with Gasteiger partial charge in [-0.2, -0.15) is 5.10 Å².